The summed E-state index contributed by atoms with van der Waals surface area (Å²) in [5, 5.41) is 0. The molecule has 0 bridgehead atoms. The number of sulfonamides is 1. The molecule has 1 aliphatic heterocycles. The summed E-state index contributed by atoms with van der Waals surface area (Å²) in [5.41, 5.74) is 2.89. The van der Waals surface area contributed by atoms with Gasteiger partial charge >= 0.3 is 0 Å². The summed E-state index contributed by atoms with van der Waals surface area (Å²) in [7, 11) is -3.55. The Bertz CT molecular complexity index is 1180. The maximum atomic E-state index is 13.1. The van der Waals surface area contributed by atoms with Crippen LogP contribution < -0.4 is 4.74 Å². The van der Waals surface area contributed by atoms with Gasteiger partial charge in [0.05, 0.1) is 35.7 Å². The second-order valence-electron chi connectivity index (χ2n) is 8.47. The molecule has 4 rings (SSSR count). The number of imidazole rings is 1. The van der Waals surface area contributed by atoms with Crippen LogP contribution in [-0.2, 0) is 27.7 Å². The van der Waals surface area contributed by atoms with Gasteiger partial charge in [-0.1, -0.05) is 25.5 Å². The van der Waals surface area contributed by atoms with Gasteiger partial charge < -0.3 is 14.0 Å². The van der Waals surface area contributed by atoms with Crippen molar-refractivity contribution in [2.75, 3.05) is 32.9 Å². The van der Waals surface area contributed by atoms with E-state index in [9.17, 15) is 8.42 Å². The molecule has 0 unspecified atom stereocenters. The molecule has 1 saturated heterocycles. The van der Waals surface area contributed by atoms with Crippen LogP contribution in [-0.4, -0.2) is 55.2 Å². The normalized spacial score (nSPS) is 15.2. The van der Waals surface area contributed by atoms with Gasteiger partial charge in [0.2, 0.25) is 10.0 Å². The maximum absolute atomic E-state index is 13.1. The van der Waals surface area contributed by atoms with Gasteiger partial charge in [0, 0.05) is 26.1 Å². The molecule has 3 aromatic rings. The zero-order valence-corrected chi connectivity index (χ0v) is 20.3. The minimum Gasteiger partial charge on any atom is -0.494 e. The fourth-order valence-electron chi connectivity index (χ4n) is 4.14. The van der Waals surface area contributed by atoms with Crippen LogP contribution in [0.2, 0.25) is 0 Å². The second kappa shape index (κ2) is 10.7. The first-order valence-electron chi connectivity index (χ1n) is 11.8. The summed E-state index contributed by atoms with van der Waals surface area (Å²) < 4.78 is 41.1. The van der Waals surface area contributed by atoms with Gasteiger partial charge in [0.15, 0.2) is 0 Å². The van der Waals surface area contributed by atoms with E-state index in [0.717, 1.165) is 54.8 Å². The largest absolute Gasteiger partial charge is 0.494 e. The fraction of sp³-hybridized carbons (Fsp3) is 0.480. The molecule has 1 aromatic heterocycles. The first-order chi connectivity index (χ1) is 16.0. The number of hydrogen-bond donors (Lipinski definition) is 0. The Kier molecular flexibility index (Phi) is 7.67. The molecule has 0 spiro atoms. The highest BCUT2D eigenvalue weighted by Gasteiger charge is 2.27. The van der Waals surface area contributed by atoms with E-state index in [1.54, 1.807) is 12.1 Å². The summed E-state index contributed by atoms with van der Waals surface area (Å²) in [4.78, 5) is 5.14. The summed E-state index contributed by atoms with van der Waals surface area (Å²) in [6.45, 7) is 7.34. The van der Waals surface area contributed by atoms with Gasteiger partial charge in [-0.15, -0.1) is 0 Å². The van der Waals surface area contributed by atoms with Gasteiger partial charge in [-0.3, -0.25) is 0 Å². The van der Waals surface area contributed by atoms with Crippen molar-refractivity contribution < 1.29 is 17.9 Å². The Balaban J connectivity index is 1.52. The van der Waals surface area contributed by atoms with E-state index in [0.29, 0.717) is 37.8 Å². The molecule has 2 aromatic carbocycles. The zero-order valence-electron chi connectivity index (χ0n) is 19.5. The van der Waals surface area contributed by atoms with E-state index in [2.05, 4.69) is 24.5 Å². The van der Waals surface area contributed by atoms with Crippen LogP contribution in [0, 0.1) is 6.92 Å². The standard InChI is InChI=1S/C25H33N3O4S/c1-3-4-12-28-24-11-10-22(33(29,30)27-13-16-31-17-14-27)19-23(24)26-25(28)9-6-15-32-21-8-5-7-20(2)18-21/h5,7-8,10-11,18-19H,3-4,6,9,12-17H2,1-2H3. The van der Waals surface area contributed by atoms with Crippen LogP contribution in [0.25, 0.3) is 11.0 Å². The average molecular weight is 472 g/mol. The van der Waals surface area contributed by atoms with Gasteiger partial charge in [0.25, 0.3) is 0 Å². The number of aryl methyl sites for hydroxylation is 3. The maximum Gasteiger partial charge on any atom is 0.243 e. The van der Waals surface area contributed by atoms with Gasteiger partial charge in [-0.05, 0) is 55.7 Å². The molecule has 0 radical (unpaired) electrons. The van der Waals surface area contributed by atoms with Crippen molar-refractivity contribution >= 4 is 21.1 Å². The Labute approximate surface area is 196 Å². The van der Waals surface area contributed by atoms with Gasteiger partial charge in [-0.2, -0.15) is 4.31 Å². The van der Waals surface area contributed by atoms with Crippen molar-refractivity contribution in [1.82, 2.24) is 13.9 Å². The highest BCUT2D eigenvalue weighted by molar-refractivity contribution is 7.89. The van der Waals surface area contributed by atoms with E-state index in [1.165, 1.54) is 9.87 Å². The summed E-state index contributed by atoms with van der Waals surface area (Å²) in [6, 6.07) is 13.4. The number of rotatable bonds is 10. The number of benzene rings is 2. The quantitative estimate of drug-likeness (QED) is 0.415. The lowest BCUT2D eigenvalue weighted by Crippen LogP contribution is -2.40. The Morgan fingerprint density at radius 1 is 1.09 bits per heavy atom. The van der Waals surface area contributed by atoms with Crippen molar-refractivity contribution in [2.45, 2.75) is 51.0 Å². The second-order valence-corrected chi connectivity index (χ2v) is 10.4. The third-order valence-electron chi connectivity index (χ3n) is 5.94. The minimum atomic E-state index is -3.55. The predicted molar refractivity (Wildman–Crippen MR) is 129 cm³/mol. The van der Waals surface area contributed by atoms with Crippen LogP contribution in [0.4, 0.5) is 0 Å². The monoisotopic (exact) mass is 471 g/mol. The Morgan fingerprint density at radius 2 is 1.91 bits per heavy atom. The van der Waals surface area contributed by atoms with E-state index < -0.39 is 10.0 Å². The van der Waals surface area contributed by atoms with Crippen molar-refractivity contribution in [1.29, 1.82) is 0 Å². The first-order valence-corrected chi connectivity index (χ1v) is 13.2. The van der Waals surface area contributed by atoms with Crippen molar-refractivity contribution in [3.05, 3.63) is 53.9 Å². The first kappa shape index (κ1) is 23.7. The molecule has 0 atom stereocenters. The lowest BCUT2D eigenvalue weighted by Gasteiger charge is -2.26. The lowest BCUT2D eigenvalue weighted by molar-refractivity contribution is 0.0730. The summed E-state index contributed by atoms with van der Waals surface area (Å²) in [6.07, 6.45) is 3.74. The van der Waals surface area contributed by atoms with Crippen LogP contribution in [0.3, 0.4) is 0 Å². The van der Waals surface area contributed by atoms with Crippen molar-refractivity contribution in [3.63, 3.8) is 0 Å². The summed E-state index contributed by atoms with van der Waals surface area (Å²) in [5.74, 6) is 1.86. The van der Waals surface area contributed by atoms with E-state index >= 15 is 0 Å². The van der Waals surface area contributed by atoms with E-state index in [4.69, 9.17) is 14.5 Å². The molecule has 0 aliphatic carbocycles. The third kappa shape index (κ3) is 5.57. The molecule has 2 heterocycles. The Morgan fingerprint density at radius 3 is 2.67 bits per heavy atom. The number of morpholine rings is 1. The third-order valence-corrected chi connectivity index (χ3v) is 7.84. The van der Waals surface area contributed by atoms with Crippen molar-refractivity contribution in [3.8, 4) is 5.75 Å². The van der Waals surface area contributed by atoms with Crippen molar-refractivity contribution in [2.24, 2.45) is 0 Å². The highest BCUT2D eigenvalue weighted by Crippen LogP contribution is 2.25. The lowest BCUT2D eigenvalue weighted by atomic mass is 10.2. The van der Waals surface area contributed by atoms with E-state index in [-0.39, 0.29) is 0 Å². The number of fused-ring (bicyclic) bond motifs is 1. The van der Waals surface area contributed by atoms with Crippen LogP contribution in [0.5, 0.6) is 5.75 Å². The molecule has 178 valence electrons. The number of nitrogens with zero attached hydrogens (tertiary/aromatic N) is 3. The van der Waals surface area contributed by atoms with Crippen LogP contribution in [0.1, 0.15) is 37.6 Å². The fourth-order valence-corrected chi connectivity index (χ4v) is 5.57. The topological polar surface area (TPSA) is 73.7 Å². The van der Waals surface area contributed by atoms with Gasteiger partial charge in [-0.25, -0.2) is 13.4 Å². The molecule has 8 heteroatoms. The number of unbranched alkanes of at least 4 members (excludes halogenated alkanes) is 1. The Hall–Kier alpha value is -2.42. The molecule has 7 nitrogen and oxygen atoms in total. The molecule has 33 heavy (non-hydrogen) atoms. The molecule has 0 saturated carbocycles. The molecule has 0 amide bonds. The summed E-state index contributed by atoms with van der Waals surface area (Å²) >= 11 is 0. The number of hydrogen-bond acceptors (Lipinski definition) is 5. The zero-order chi connectivity index (χ0) is 23.3. The predicted octanol–water partition coefficient (Wildman–Crippen LogP) is 4.18. The van der Waals surface area contributed by atoms with Crippen LogP contribution >= 0.6 is 0 Å². The molecule has 0 N–H and O–H groups in total. The van der Waals surface area contributed by atoms with E-state index in [1.807, 2.05) is 24.3 Å². The molecular weight excluding hydrogens is 438 g/mol. The highest BCUT2D eigenvalue weighted by atomic mass is 32.2. The molecule has 1 fully saturated rings. The van der Waals surface area contributed by atoms with Gasteiger partial charge in [0.1, 0.15) is 11.6 Å². The molecular formula is C25H33N3O4S. The van der Waals surface area contributed by atoms with Crippen LogP contribution in [0.15, 0.2) is 47.4 Å². The number of aromatic nitrogens is 2. The smallest absolute Gasteiger partial charge is 0.243 e. The average Bonchev–Trinajstić information content (AvgIpc) is 3.17. The SMILES string of the molecule is CCCCn1c(CCCOc2cccc(C)c2)nc2cc(S(=O)(=O)N3CCOCC3)ccc21. The number of ether oxygens (including phenoxy) is 2. The minimum absolute atomic E-state index is 0.298. The molecule has 1 aliphatic rings.